The fourth-order valence-corrected chi connectivity index (χ4v) is 2.46. The Kier molecular flexibility index (Phi) is 4.22. The first-order valence-corrected chi connectivity index (χ1v) is 6.30. The summed E-state index contributed by atoms with van der Waals surface area (Å²) in [5.74, 6) is 0. The lowest BCUT2D eigenvalue weighted by atomic mass is 10.1. The molecule has 1 aliphatic rings. The molecule has 0 aliphatic carbocycles. The van der Waals surface area contributed by atoms with E-state index in [0.29, 0.717) is 6.04 Å². The van der Waals surface area contributed by atoms with Gasteiger partial charge in [0.1, 0.15) is 0 Å². The van der Waals surface area contributed by atoms with Gasteiger partial charge in [-0.3, -0.25) is 0 Å². The highest BCUT2D eigenvalue weighted by Crippen LogP contribution is 2.13. The van der Waals surface area contributed by atoms with E-state index in [0.717, 1.165) is 18.0 Å². The highest BCUT2D eigenvalue weighted by Gasteiger charge is 2.19. The summed E-state index contributed by atoms with van der Waals surface area (Å²) >= 11 is 5.96. The minimum absolute atomic E-state index is 0.680. The molecular weight excluding hydrogens is 220 g/mol. The van der Waals surface area contributed by atoms with Crippen LogP contribution in [0.2, 0.25) is 5.02 Å². The maximum absolute atomic E-state index is 5.96. The van der Waals surface area contributed by atoms with E-state index in [4.69, 9.17) is 11.6 Å². The predicted octanol–water partition coefficient (Wildman–Crippen LogP) is 2.18. The van der Waals surface area contributed by atoms with E-state index < -0.39 is 0 Å². The number of hydrogen-bond acceptors (Lipinski definition) is 2. The molecular formula is C13H19ClN2. The highest BCUT2D eigenvalue weighted by molar-refractivity contribution is 6.30. The Morgan fingerprint density at radius 1 is 1.50 bits per heavy atom. The average molecular weight is 239 g/mol. The van der Waals surface area contributed by atoms with E-state index >= 15 is 0 Å². The number of hydrogen-bond donors (Lipinski definition) is 1. The molecule has 1 atom stereocenters. The second-order valence-corrected chi connectivity index (χ2v) is 4.89. The van der Waals surface area contributed by atoms with Crippen LogP contribution < -0.4 is 5.32 Å². The quantitative estimate of drug-likeness (QED) is 0.865. The van der Waals surface area contributed by atoms with Gasteiger partial charge in [0.05, 0.1) is 0 Å². The smallest absolute Gasteiger partial charge is 0.0408 e. The third kappa shape index (κ3) is 3.21. The zero-order valence-electron chi connectivity index (χ0n) is 9.75. The van der Waals surface area contributed by atoms with Crippen molar-refractivity contribution in [3.05, 3.63) is 34.9 Å². The second kappa shape index (κ2) is 5.67. The topological polar surface area (TPSA) is 15.3 Å². The van der Waals surface area contributed by atoms with Crippen molar-refractivity contribution in [3.63, 3.8) is 0 Å². The maximum atomic E-state index is 5.96. The van der Waals surface area contributed by atoms with E-state index in [-0.39, 0.29) is 0 Å². The number of benzene rings is 1. The Morgan fingerprint density at radius 2 is 2.38 bits per heavy atom. The number of nitrogens with zero attached hydrogens (tertiary/aromatic N) is 1. The summed E-state index contributed by atoms with van der Waals surface area (Å²) in [7, 11) is 2.05. The minimum atomic E-state index is 0.680. The Morgan fingerprint density at radius 3 is 3.06 bits per heavy atom. The van der Waals surface area contributed by atoms with Crippen LogP contribution in [0, 0.1) is 0 Å². The molecule has 0 unspecified atom stereocenters. The van der Waals surface area contributed by atoms with Gasteiger partial charge in [-0.1, -0.05) is 23.7 Å². The van der Waals surface area contributed by atoms with Crippen LogP contribution in [-0.2, 0) is 6.42 Å². The van der Waals surface area contributed by atoms with Crippen LogP contribution in [0.25, 0.3) is 0 Å². The van der Waals surface area contributed by atoms with Gasteiger partial charge in [-0.15, -0.1) is 0 Å². The van der Waals surface area contributed by atoms with Crippen molar-refractivity contribution in [2.75, 3.05) is 26.7 Å². The third-order valence-corrected chi connectivity index (χ3v) is 3.52. The molecule has 1 aliphatic heterocycles. The van der Waals surface area contributed by atoms with Crippen molar-refractivity contribution in [1.29, 1.82) is 0 Å². The summed E-state index contributed by atoms with van der Waals surface area (Å²) in [6.45, 7) is 3.53. The highest BCUT2D eigenvalue weighted by atomic mass is 35.5. The fourth-order valence-electron chi connectivity index (χ4n) is 2.25. The Labute approximate surface area is 103 Å². The monoisotopic (exact) mass is 238 g/mol. The molecule has 2 nitrogen and oxygen atoms in total. The van der Waals surface area contributed by atoms with Crippen LogP contribution in [0.4, 0.5) is 0 Å². The summed E-state index contributed by atoms with van der Waals surface area (Å²) in [6.07, 6.45) is 2.36. The van der Waals surface area contributed by atoms with Crippen molar-refractivity contribution < 1.29 is 0 Å². The van der Waals surface area contributed by atoms with E-state index in [1.165, 1.54) is 25.1 Å². The first-order valence-electron chi connectivity index (χ1n) is 5.92. The van der Waals surface area contributed by atoms with E-state index in [1.54, 1.807) is 0 Å². The lowest BCUT2D eigenvalue weighted by Gasteiger charge is -2.15. The van der Waals surface area contributed by atoms with Gasteiger partial charge in [0.2, 0.25) is 0 Å². The summed E-state index contributed by atoms with van der Waals surface area (Å²) < 4.78 is 0. The Balaban J connectivity index is 1.80. The molecule has 16 heavy (non-hydrogen) atoms. The predicted molar refractivity (Wildman–Crippen MR) is 69.1 cm³/mol. The molecule has 0 spiro atoms. The molecule has 0 amide bonds. The summed E-state index contributed by atoms with van der Waals surface area (Å²) in [5.41, 5.74) is 1.33. The molecule has 0 saturated carbocycles. The van der Waals surface area contributed by atoms with Gasteiger partial charge in [0.15, 0.2) is 0 Å². The SMILES string of the molecule is CN[C@H]1CCN(CCc2cccc(Cl)c2)C1. The zero-order chi connectivity index (χ0) is 11.4. The van der Waals surface area contributed by atoms with Gasteiger partial charge in [-0.25, -0.2) is 0 Å². The largest absolute Gasteiger partial charge is 0.316 e. The van der Waals surface area contributed by atoms with E-state index in [1.807, 2.05) is 19.2 Å². The lowest BCUT2D eigenvalue weighted by molar-refractivity contribution is 0.334. The molecule has 1 heterocycles. The lowest BCUT2D eigenvalue weighted by Crippen LogP contribution is -2.30. The molecule has 1 N–H and O–H groups in total. The van der Waals surface area contributed by atoms with Gasteiger partial charge in [0, 0.05) is 24.2 Å². The zero-order valence-corrected chi connectivity index (χ0v) is 10.5. The van der Waals surface area contributed by atoms with Crippen molar-refractivity contribution in [2.45, 2.75) is 18.9 Å². The summed E-state index contributed by atoms with van der Waals surface area (Å²) in [6, 6.07) is 8.85. The normalized spacial score (nSPS) is 21.5. The van der Waals surface area contributed by atoms with Crippen LogP contribution in [-0.4, -0.2) is 37.6 Å². The standard InChI is InChI=1S/C13H19ClN2/c1-15-13-6-8-16(10-13)7-5-11-3-2-4-12(14)9-11/h2-4,9,13,15H,5-8,10H2,1H3/t13-/m0/s1. The number of nitrogens with one attached hydrogen (secondary N) is 1. The van der Waals surface area contributed by atoms with Gasteiger partial charge in [0.25, 0.3) is 0 Å². The van der Waals surface area contributed by atoms with Gasteiger partial charge < -0.3 is 10.2 Å². The Hall–Kier alpha value is -0.570. The number of likely N-dealkylation sites (N-methyl/N-ethyl adjacent to an activating group) is 1. The van der Waals surface area contributed by atoms with Crippen molar-refractivity contribution in [1.82, 2.24) is 10.2 Å². The number of rotatable bonds is 4. The first kappa shape index (κ1) is 11.9. The van der Waals surface area contributed by atoms with Crippen LogP contribution >= 0.6 is 11.6 Å². The first-order chi connectivity index (χ1) is 7.78. The van der Waals surface area contributed by atoms with Crippen molar-refractivity contribution in [2.24, 2.45) is 0 Å². The summed E-state index contributed by atoms with van der Waals surface area (Å²) in [4.78, 5) is 2.52. The van der Waals surface area contributed by atoms with Crippen LogP contribution in [0.15, 0.2) is 24.3 Å². The molecule has 1 fully saturated rings. The van der Waals surface area contributed by atoms with E-state index in [9.17, 15) is 0 Å². The Bertz CT molecular complexity index is 340. The molecule has 1 aromatic carbocycles. The molecule has 88 valence electrons. The number of likely N-dealkylation sites (tertiary alicyclic amines) is 1. The minimum Gasteiger partial charge on any atom is -0.316 e. The van der Waals surface area contributed by atoms with Crippen molar-refractivity contribution in [3.8, 4) is 0 Å². The average Bonchev–Trinajstić information content (AvgIpc) is 2.74. The summed E-state index contributed by atoms with van der Waals surface area (Å²) in [5, 5.41) is 4.18. The fraction of sp³-hybridized carbons (Fsp3) is 0.538. The molecule has 3 heteroatoms. The van der Waals surface area contributed by atoms with Gasteiger partial charge in [-0.05, 0) is 44.1 Å². The molecule has 2 rings (SSSR count). The molecule has 0 aromatic heterocycles. The van der Waals surface area contributed by atoms with Crippen LogP contribution in [0.1, 0.15) is 12.0 Å². The van der Waals surface area contributed by atoms with Crippen LogP contribution in [0.3, 0.4) is 0 Å². The third-order valence-electron chi connectivity index (χ3n) is 3.29. The molecule has 0 bridgehead atoms. The van der Waals surface area contributed by atoms with Crippen molar-refractivity contribution >= 4 is 11.6 Å². The van der Waals surface area contributed by atoms with Gasteiger partial charge >= 0.3 is 0 Å². The molecule has 1 aromatic rings. The van der Waals surface area contributed by atoms with Gasteiger partial charge in [-0.2, -0.15) is 0 Å². The maximum Gasteiger partial charge on any atom is 0.0408 e. The second-order valence-electron chi connectivity index (χ2n) is 4.45. The van der Waals surface area contributed by atoms with E-state index in [2.05, 4.69) is 22.3 Å². The van der Waals surface area contributed by atoms with Crippen LogP contribution in [0.5, 0.6) is 0 Å². The number of halogens is 1. The molecule has 1 saturated heterocycles. The molecule has 0 radical (unpaired) electrons.